The summed E-state index contributed by atoms with van der Waals surface area (Å²) in [6, 6.07) is 4.43. The molecular formula is C21H23Cl2N7O4S. The van der Waals surface area contributed by atoms with Crippen molar-refractivity contribution in [2.75, 3.05) is 18.4 Å². The third kappa shape index (κ3) is 5.20. The molecule has 1 fully saturated rings. The molecule has 1 saturated heterocycles. The van der Waals surface area contributed by atoms with Crippen LogP contribution in [0.25, 0.3) is 0 Å². The van der Waals surface area contributed by atoms with Crippen LogP contribution < -0.4 is 10.6 Å². The van der Waals surface area contributed by atoms with Crippen molar-refractivity contribution < 1.29 is 18.0 Å². The Bertz CT molecular complexity index is 1340. The number of benzene rings is 1. The molecule has 1 aromatic carbocycles. The van der Waals surface area contributed by atoms with Gasteiger partial charge in [-0.1, -0.05) is 29.3 Å². The van der Waals surface area contributed by atoms with Crippen molar-refractivity contribution in [2.45, 2.75) is 30.8 Å². The summed E-state index contributed by atoms with van der Waals surface area (Å²) in [5, 5.41) is 12.3. The molecule has 11 nitrogen and oxygen atoms in total. The summed E-state index contributed by atoms with van der Waals surface area (Å²) in [5.41, 5.74) is 0.301. The van der Waals surface area contributed by atoms with E-state index >= 15 is 0 Å². The average Bonchev–Trinajstić information content (AvgIpc) is 3.40. The molecule has 35 heavy (non-hydrogen) atoms. The summed E-state index contributed by atoms with van der Waals surface area (Å²) < 4.78 is 28.8. The summed E-state index contributed by atoms with van der Waals surface area (Å²) in [6.07, 6.45) is 3.63. The van der Waals surface area contributed by atoms with Crippen LogP contribution in [0.1, 0.15) is 39.5 Å². The molecule has 0 bridgehead atoms. The van der Waals surface area contributed by atoms with Gasteiger partial charge in [0.1, 0.15) is 11.5 Å². The molecule has 4 rings (SSSR count). The van der Waals surface area contributed by atoms with Gasteiger partial charge in [-0.2, -0.15) is 9.40 Å². The SMILES string of the molecule is Cc1nc(S(=O)(=O)N2CCC(NC(=O)c3[nH]ncc3NC(=O)c3c(Cl)cccc3Cl)CC2)cn1C. The molecule has 1 aliphatic rings. The molecule has 0 aliphatic carbocycles. The Morgan fingerprint density at radius 3 is 2.40 bits per heavy atom. The van der Waals surface area contributed by atoms with Gasteiger partial charge in [0.2, 0.25) is 0 Å². The summed E-state index contributed by atoms with van der Waals surface area (Å²) >= 11 is 12.2. The second-order valence-electron chi connectivity index (χ2n) is 8.10. The molecule has 3 aromatic rings. The normalized spacial score (nSPS) is 15.2. The van der Waals surface area contributed by atoms with E-state index in [9.17, 15) is 18.0 Å². The molecule has 0 radical (unpaired) electrons. The minimum atomic E-state index is -3.71. The fraction of sp³-hybridized carbons (Fsp3) is 0.333. The molecule has 0 unspecified atom stereocenters. The van der Waals surface area contributed by atoms with Crippen molar-refractivity contribution in [3.8, 4) is 0 Å². The van der Waals surface area contributed by atoms with E-state index in [2.05, 4.69) is 25.8 Å². The van der Waals surface area contributed by atoms with Gasteiger partial charge in [0, 0.05) is 32.4 Å². The third-order valence-corrected chi connectivity index (χ3v) is 8.18. The Balaban J connectivity index is 1.38. The van der Waals surface area contributed by atoms with Crippen LogP contribution in [-0.2, 0) is 17.1 Å². The first-order valence-electron chi connectivity index (χ1n) is 10.7. The van der Waals surface area contributed by atoms with Gasteiger partial charge in [-0.3, -0.25) is 14.7 Å². The van der Waals surface area contributed by atoms with Gasteiger partial charge in [0.15, 0.2) is 5.03 Å². The Morgan fingerprint density at radius 2 is 1.80 bits per heavy atom. The van der Waals surface area contributed by atoms with Crippen LogP contribution in [0.15, 0.2) is 35.6 Å². The van der Waals surface area contributed by atoms with Gasteiger partial charge in [-0.15, -0.1) is 0 Å². The van der Waals surface area contributed by atoms with Crippen molar-refractivity contribution in [3.05, 3.63) is 57.7 Å². The lowest BCUT2D eigenvalue weighted by Crippen LogP contribution is -2.46. The van der Waals surface area contributed by atoms with Crippen molar-refractivity contribution in [2.24, 2.45) is 7.05 Å². The van der Waals surface area contributed by atoms with Crippen LogP contribution in [0.5, 0.6) is 0 Å². The van der Waals surface area contributed by atoms with Crippen LogP contribution >= 0.6 is 23.2 Å². The van der Waals surface area contributed by atoms with Crippen LogP contribution in [0.4, 0.5) is 5.69 Å². The van der Waals surface area contributed by atoms with E-state index < -0.39 is 21.8 Å². The number of nitrogens with one attached hydrogen (secondary N) is 3. The number of rotatable bonds is 6. The minimum Gasteiger partial charge on any atom is -0.348 e. The highest BCUT2D eigenvalue weighted by Crippen LogP contribution is 2.26. The fourth-order valence-corrected chi connectivity index (χ4v) is 5.80. The van der Waals surface area contributed by atoms with Crippen LogP contribution in [0.3, 0.4) is 0 Å². The second-order valence-corrected chi connectivity index (χ2v) is 10.8. The largest absolute Gasteiger partial charge is 0.348 e. The molecule has 3 N–H and O–H groups in total. The molecular weight excluding hydrogens is 517 g/mol. The van der Waals surface area contributed by atoms with E-state index in [1.54, 1.807) is 24.6 Å². The molecule has 2 amide bonds. The van der Waals surface area contributed by atoms with Crippen molar-refractivity contribution in [1.82, 2.24) is 29.4 Å². The van der Waals surface area contributed by atoms with E-state index in [0.717, 1.165) is 0 Å². The first kappa shape index (κ1) is 25.2. The number of piperidine rings is 1. The number of aromatic nitrogens is 4. The maximum Gasteiger partial charge on any atom is 0.271 e. The molecule has 186 valence electrons. The quantitative estimate of drug-likeness (QED) is 0.439. The predicted octanol–water partition coefficient (Wildman–Crippen LogP) is 2.59. The number of hydrogen-bond acceptors (Lipinski definition) is 6. The van der Waals surface area contributed by atoms with Gasteiger partial charge >= 0.3 is 0 Å². The Hall–Kier alpha value is -2.93. The number of anilines is 1. The van der Waals surface area contributed by atoms with E-state index in [0.29, 0.717) is 18.7 Å². The number of imidazole rings is 1. The number of amides is 2. The summed E-state index contributed by atoms with van der Waals surface area (Å²) in [6.45, 7) is 2.21. The van der Waals surface area contributed by atoms with Gasteiger partial charge < -0.3 is 15.2 Å². The average molecular weight is 540 g/mol. The number of H-pyrrole nitrogens is 1. The van der Waals surface area contributed by atoms with Gasteiger partial charge in [-0.05, 0) is 31.9 Å². The van der Waals surface area contributed by atoms with E-state index in [4.69, 9.17) is 23.2 Å². The minimum absolute atomic E-state index is 0.0106. The predicted molar refractivity (Wildman–Crippen MR) is 130 cm³/mol. The number of aromatic amines is 1. The highest BCUT2D eigenvalue weighted by Gasteiger charge is 2.32. The lowest BCUT2D eigenvalue weighted by atomic mass is 10.1. The monoisotopic (exact) mass is 539 g/mol. The van der Waals surface area contributed by atoms with Gasteiger partial charge in [0.25, 0.3) is 21.8 Å². The fourth-order valence-electron chi connectivity index (χ4n) is 3.73. The first-order chi connectivity index (χ1) is 16.6. The Labute approximate surface area is 211 Å². The number of hydrogen-bond donors (Lipinski definition) is 3. The summed E-state index contributed by atoms with van der Waals surface area (Å²) in [4.78, 5) is 29.6. The van der Waals surface area contributed by atoms with E-state index in [-0.39, 0.29) is 51.1 Å². The van der Waals surface area contributed by atoms with Crippen LogP contribution in [0.2, 0.25) is 10.0 Å². The zero-order valence-corrected chi connectivity index (χ0v) is 21.2. The lowest BCUT2D eigenvalue weighted by molar-refractivity contribution is 0.0919. The van der Waals surface area contributed by atoms with Crippen molar-refractivity contribution in [1.29, 1.82) is 0 Å². The van der Waals surface area contributed by atoms with E-state index in [1.165, 1.54) is 28.8 Å². The number of nitrogens with zero attached hydrogens (tertiary/aromatic N) is 4. The molecule has 0 atom stereocenters. The zero-order valence-electron chi connectivity index (χ0n) is 18.9. The molecule has 0 spiro atoms. The van der Waals surface area contributed by atoms with Crippen LogP contribution in [-0.4, -0.2) is 63.4 Å². The van der Waals surface area contributed by atoms with Crippen molar-refractivity contribution >= 4 is 50.7 Å². The molecule has 3 heterocycles. The van der Waals surface area contributed by atoms with Gasteiger partial charge in [-0.25, -0.2) is 13.4 Å². The smallest absolute Gasteiger partial charge is 0.271 e. The molecule has 14 heteroatoms. The number of sulfonamides is 1. The topological polar surface area (TPSA) is 142 Å². The summed E-state index contributed by atoms with van der Waals surface area (Å²) in [7, 11) is -1.97. The van der Waals surface area contributed by atoms with Gasteiger partial charge in [0.05, 0.1) is 27.5 Å². The molecule has 2 aromatic heterocycles. The van der Waals surface area contributed by atoms with Crippen molar-refractivity contribution in [3.63, 3.8) is 0 Å². The third-order valence-electron chi connectivity index (χ3n) is 5.78. The number of aryl methyl sites for hydroxylation is 2. The van der Waals surface area contributed by atoms with E-state index in [1.807, 2.05) is 0 Å². The number of halogens is 2. The Morgan fingerprint density at radius 1 is 1.14 bits per heavy atom. The summed E-state index contributed by atoms with van der Waals surface area (Å²) in [5.74, 6) is -0.464. The first-order valence-corrected chi connectivity index (χ1v) is 12.9. The van der Waals surface area contributed by atoms with Crippen LogP contribution in [0, 0.1) is 6.92 Å². The molecule has 0 saturated carbocycles. The maximum atomic E-state index is 12.9. The standard InChI is InChI=1S/C21H23Cl2N7O4S/c1-12-25-17(11-29(12)2)35(33,34)30-8-6-13(7-9-30)26-21(32)19-16(10-24-28-19)27-20(31)18-14(22)4-3-5-15(18)23/h3-5,10-11,13H,6-9H2,1-2H3,(H,24,28)(H,26,32)(H,27,31). The maximum absolute atomic E-state index is 12.9. The second kappa shape index (κ2) is 9.97. The Kier molecular flexibility index (Phi) is 7.17. The highest BCUT2D eigenvalue weighted by molar-refractivity contribution is 7.89. The lowest BCUT2D eigenvalue weighted by Gasteiger charge is -2.31. The number of carbonyl (C=O) groups excluding carboxylic acids is 2. The zero-order chi connectivity index (χ0) is 25.3. The number of carbonyl (C=O) groups is 2. The molecule has 1 aliphatic heterocycles. The highest BCUT2D eigenvalue weighted by atomic mass is 35.5.